The molecule has 19 heavy (non-hydrogen) atoms. The van der Waals surface area contributed by atoms with Crippen molar-refractivity contribution in [2.45, 2.75) is 6.54 Å². The van der Waals surface area contributed by atoms with Gasteiger partial charge in [0.1, 0.15) is 5.82 Å². The fraction of sp³-hybridized carbons (Fsp3) is 0.167. The highest BCUT2D eigenvalue weighted by Crippen LogP contribution is 2.24. The van der Waals surface area contributed by atoms with Crippen LogP contribution in [0.5, 0.6) is 0 Å². The number of halogens is 1. The van der Waals surface area contributed by atoms with Gasteiger partial charge in [0.2, 0.25) is 5.91 Å². The maximum absolute atomic E-state index is 11.0. The molecule has 0 aliphatic carbocycles. The van der Waals surface area contributed by atoms with Crippen LogP contribution in [0.3, 0.4) is 0 Å². The highest BCUT2D eigenvalue weighted by Gasteiger charge is 2.07. The summed E-state index contributed by atoms with van der Waals surface area (Å²) in [6, 6.07) is 5.13. The molecule has 1 aromatic carbocycles. The zero-order valence-electron chi connectivity index (χ0n) is 10.4. The number of amides is 1. The molecule has 2 aromatic rings. The van der Waals surface area contributed by atoms with Crippen molar-refractivity contribution >= 4 is 33.3 Å². The topological polar surface area (TPSA) is 99.0 Å². The molecule has 1 heterocycles. The summed E-state index contributed by atoms with van der Waals surface area (Å²) < 4.78 is 2.38. The van der Waals surface area contributed by atoms with Gasteiger partial charge in [0.25, 0.3) is 0 Å². The lowest BCUT2D eigenvalue weighted by molar-refractivity contribution is 0.100. The number of benzene rings is 1. The number of nitrogens with one attached hydrogen (secondary N) is 1. The van der Waals surface area contributed by atoms with E-state index in [1.165, 1.54) is 0 Å². The summed E-state index contributed by atoms with van der Waals surface area (Å²) >= 11 is 3.39. The molecule has 6 nitrogen and oxygen atoms in total. The lowest BCUT2D eigenvalue weighted by Crippen LogP contribution is -2.11. The Morgan fingerprint density at radius 2 is 2.26 bits per heavy atom. The van der Waals surface area contributed by atoms with E-state index >= 15 is 0 Å². The van der Waals surface area contributed by atoms with Crippen LogP contribution in [0.25, 0.3) is 0 Å². The van der Waals surface area contributed by atoms with E-state index in [-0.39, 0.29) is 0 Å². The average Bonchev–Trinajstić information content (AvgIpc) is 2.68. The first kappa shape index (κ1) is 13.4. The monoisotopic (exact) mass is 323 g/mol. The molecule has 0 saturated heterocycles. The maximum atomic E-state index is 11.0. The Labute approximate surface area is 118 Å². The van der Waals surface area contributed by atoms with Crippen LogP contribution in [-0.2, 0) is 13.6 Å². The highest BCUT2D eigenvalue weighted by molar-refractivity contribution is 9.10. The van der Waals surface area contributed by atoms with Crippen LogP contribution in [0.4, 0.5) is 11.5 Å². The van der Waals surface area contributed by atoms with Gasteiger partial charge >= 0.3 is 0 Å². The van der Waals surface area contributed by atoms with E-state index in [1.54, 1.807) is 36.1 Å². The number of primary amides is 1. The van der Waals surface area contributed by atoms with Crippen LogP contribution in [0.15, 0.2) is 28.9 Å². The normalized spacial score (nSPS) is 10.4. The predicted octanol–water partition coefficient (Wildman–Crippen LogP) is 1.48. The number of rotatable bonds is 4. The number of anilines is 2. The standard InChI is InChI=1S/C12H14BrN5O/c1-18-11(14)8(6-17-18)5-16-10-3-2-7(12(15)19)4-9(10)13/h2-4,6,16H,5,14H2,1H3,(H2,15,19). The molecule has 5 N–H and O–H groups in total. The average molecular weight is 324 g/mol. The Morgan fingerprint density at radius 1 is 1.53 bits per heavy atom. The second-order valence-electron chi connectivity index (χ2n) is 4.09. The summed E-state index contributed by atoms with van der Waals surface area (Å²) in [6.07, 6.45) is 1.72. The molecular weight excluding hydrogens is 310 g/mol. The summed E-state index contributed by atoms with van der Waals surface area (Å²) in [5, 5.41) is 7.28. The molecule has 0 aliphatic rings. The van der Waals surface area contributed by atoms with Gasteiger partial charge in [-0.05, 0) is 34.1 Å². The van der Waals surface area contributed by atoms with Gasteiger partial charge in [-0.2, -0.15) is 5.10 Å². The van der Waals surface area contributed by atoms with Gasteiger partial charge in [-0.3, -0.25) is 9.48 Å². The number of nitrogen functional groups attached to an aromatic ring is 1. The number of nitrogens with zero attached hydrogens (tertiary/aromatic N) is 2. The molecular formula is C12H14BrN5O. The summed E-state index contributed by atoms with van der Waals surface area (Å²) in [7, 11) is 1.79. The Balaban J connectivity index is 2.12. The lowest BCUT2D eigenvalue weighted by atomic mass is 10.2. The molecule has 1 aromatic heterocycles. The zero-order chi connectivity index (χ0) is 14.0. The van der Waals surface area contributed by atoms with E-state index in [1.807, 2.05) is 0 Å². The zero-order valence-corrected chi connectivity index (χ0v) is 11.9. The third kappa shape index (κ3) is 2.87. The number of aromatic nitrogens is 2. The van der Waals surface area contributed by atoms with Crippen molar-refractivity contribution in [3.05, 3.63) is 40.0 Å². The smallest absolute Gasteiger partial charge is 0.248 e. The van der Waals surface area contributed by atoms with Crippen molar-refractivity contribution in [2.24, 2.45) is 12.8 Å². The molecule has 0 fully saturated rings. The van der Waals surface area contributed by atoms with Gasteiger partial charge in [0.15, 0.2) is 0 Å². The van der Waals surface area contributed by atoms with Gasteiger partial charge in [-0.1, -0.05) is 0 Å². The molecule has 100 valence electrons. The number of aryl methyl sites for hydroxylation is 1. The summed E-state index contributed by atoms with van der Waals surface area (Å²) in [5.74, 6) is 0.168. The number of carbonyl (C=O) groups is 1. The number of hydrogen-bond acceptors (Lipinski definition) is 4. The van der Waals surface area contributed by atoms with Crippen LogP contribution < -0.4 is 16.8 Å². The van der Waals surface area contributed by atoms with Crippen molar-refractivity contribution < 1.29 is 4.79 Å². The third-order valence-corrected chi connectivity index (χ3v) is 3.44. The van der Waals surface area contributed by atoms with E-state index in [0.717, 1.165) is 15.7 Å². The van der Waals surface area contributed by atoms with E-state index in [4.69, 9.17) is 11.5 Å². The third-order valence-electron chi connectivity index (χ3n) is 2.79. The van der Waals surface area contributed by atoms with Crippen molar-refractivity contribution in [2.75, 3.05) is 11.1 Å². The summed E-state index contributed by atoms with van der Waals surface area (Å²) in [4.78, 5) is 11.0. The minimum Gasteiger partial charge on any atom is -0.384 e. The van der Waals surface area contributed by atoms with Crippen molar-refractivity contribution in [3.63, 3.8) is 0 Å². The lowest BCUT2D eigenvalue weighted by Gasteiger charge is -2.09. The van der Waals surface area contributed by atoms with Gasteiger partial charge in [-0.25, -0.2) is 0 Å². The number of carbonyl (C=O) groups excluding carboxylic acids is 1. The molecule has 0 unspecified atom stereocenters. The molecule has 1 amide bonds. The molecule has 7 heteroatoms. The van der Waals surface area contributed by atoms with Gasteiger partial charge in [0.05, 0.1) is 6.20 Å². The molecule has 0 radical (unpaired) electrons. The maximum Gasteiger partial charge on any atom is 0.248 e. The molecule has 0 saturated carbocycles. The van der Waals surface area contributed by atoms with Gasteiger partial charge < -0.3 is 16.8 Å². The Hall–Kier alpha value is -2.02. The number of nitrogens with two attached hydrogens (primary N) is 2. The Bertz CT molecular complexity index is 623. The van der Waals surface area contributed by atoms with Crippen LogP contribution >= 0.6 is 15.9 Å². The van der Waals surface area contributed by atoms with Gasteiger partial charge in [-0.15, -0.1) is 0 Å². The SMILES string of the molecule is Cn1ncc(CNc2ccc(C(N)=O)cc2Br)c1N. The molecule has 0 spiro atoms. The number of hydrogen-bond donors (Lipinski definition) is 3. The van der Waals surface area contributed by atoms with E-state index in [0.29, 0.717) is 17.9 Å². The Morgan fingerprint density at radius 3 is 2.79 bits per heavy atom. The molecule has 0 bridgehead atoms. The molecule has 0 atom stereocenters. The predicted molar refractivity (Wildman–Crippen MR) is 77.6 cm³/mol. The highest BCUT2D eigenvalue weighted by atomic mass is 79.9. The minimum absolute atomic E-state index is 0.455. The largest absolute Gasteiger partial charge is 0.384 e. The Kier molecular flexibility index (Phi) is 3.75. The summed E-state index contributed by atoms with van der Waals surface area (Å²) in [6.45, 7) is 0.550. The molecule has 0 aliphatic heterocycles. The first-order valence-corrected chi connectivity index (χ1v) is 6.38. The van der Waals surface area contributed by atoms with Crippen molar-refractivity contribution in [3.8, 4) is 0 Å². The van der Waals surface area contributed by atoms with Crippen molar-refractivity contribution in [1.82, 2.24) is 9.78 Å². The van der Waals surface area contributed by atoms with E-state index in [9.17, 15) is 4.79 Å². The van der Waals surface area contributed by atoms with Crippen LogP contribution in [0.1, 0.15) is 15.9 Å². The van der Waals surface area contributed by atoms with Crippen LogP contribution in [-0.4, -0.2) is 15.7 Å². The minimum atomic E-state index is -0.455. The summed E-state index contributed by atoms with van der Waals surface area (Å²) in [5.41, 5.74) is 13.3. The van der Waals surface area contributed by atoms with Crippen LogP contribution in [0, 0.1) is 0 Å². The van der Waals surface area contributed by atoms with Crippen LogP contribution in [0.2, 0.25) is 0 Å². The first-order valence-electron chi connectivity index (χ1n) is 5.58. The second-order valence-corrected chi connectivity index (χ2v) is 4.95. The van der Waals surface area contributed by atoms with E-state index in [2.05, 4.69) is 26.3 Å². The quantitative estimate of drug-likeness (QED) is 0.793. The molecule has 2 rings (SSSR count). The first-order chi connectivity index (χ1) is 8.99. The van der Waals surface area contributed by atoms with Gasteiger partial charge in [0, 0.05) is 34.9 Å². The fourth-order valence-electron chi connectivity index (χ4n) is 1.63. The van der Waals surface area contributed by atoms with Crippen molar-refractivity contribution in [1.29, 1.82) is 0 Å². The second kappa shape index (κ2) is 5.31. The van der Waals surface area contributed by atoms with E-state index < -0.39 is 5.91 Å². The fourth-order valence-corrected chi connectivity index (χ4v) is 2.15.